The van der Waals surface area contributed by atoms with Gasteiger partial charge in [-0.1, -0.05) is 0 Å². The second-order valence-electron chi connectivity index (χ2n) is 4.84. The molecule has 0 radical (unpaired) electrons. The molecule has 1 aromatic carbocycles. The molecule has 1 aromatic heterocycles. The number of benzene rings is 1. The number of aromatic nitrogens is 1. The molecular formula is C15H17N3OS. The van der Waals surface area contributed by atoms with E-state index in [1.807, 2.05) is 18.4 Å². The molecule has 104 valence electrons. The molecule has 0 spiro atoms. The zero-order valence-corrected chi connectivity index (χ0v) is 12.5. The van der Waals surface area contributed by atoms with Crippen molar-refractivity contribution in [1.82, 2.24) is 4.98 Å². The van der Waals surface area contributed by atoms with Crippen LogP contribution in [0.3, 0.4) is 0 Å². The van der Waals surface area contributed by atoms with Crippen molar-refractivity contribution >= 4 is 22.2 Å². The lowest BCUT2D eigenvalue weighted by molar-refractivity contribution is 0.414. The summed E-state index contributed by atoms with van der Waals surface area (Å²) >= 11 is 1.58. The number of methoxy groups -OCH3 is 1. The van der Waals surface area contributed by atoms with Crippen molar-refractivity contribution in [2.45, 2.75) is 26.2 Å². The number of hydrazone groups is 1. The van der Waals surface area contributed by atoms with Crippen molar-refractivity contribution in [3.63, 3.8) is 0 Å². The first-order valence-electron chi connectivity index (χ1n) is 6.68. The van der Waals surface area contributed by atoms with E-state index in [9.17, 15) is 0 Å². The average Bonchev–Trinajstić information content (AvgIpc) is 2.90. The Morgan fingerprint density at radius 3 is 3.00 bits per heavy atom. The fraction of sp³-hybridized carbons (Fsp3) is 0.333. The summed E-state index contributed by atoms with van der Waals surface area (Å²) in [6.07, 6.45) is 3.20. The molecule has 20 heavy (non-hydrogen) atoms. The Hall–Kier alpha value is -1.88. The Labute approximate surface area is 122 Å². The molecule has 1 heterocycles. The van der Waals surface area contributed by atoms with E-state index in [4.69, 9.17) is 4.74 Å². The smallest absolute Gasteiger partial charge is 0.203 e. The van der Waals surface area contributed by atoms with Gasteiger partial charge >= 0.3 is 0 Å². The topological polar surface area (TPSA) is 46.5 Å². The Kier molecular flexibility index (Phi) is 3.69. The van der Waals surface area contributed by atoms with E-state index in [1.54, 1.807) is 18.4 Å². The number of hydrogen-bond donors (Lipinski definition) is 1. The summed E-state index contributed by atoms with van der Waals surface area (Å²) in [5, 5.41) is 7.40. The maximum Gasteiger partial charge on any atom is 0.203 e. The van der Waals surface area contributed by atoms with Crippen LogP contribution in [0.1, 0.15) is 29.7 Å². The molecular weight excluding hydrogens is 270 g/mol. The molecule has 3 rings (SSSR count). The lowest BCUT2D eigenvalue weighted by Gasteiger charge is -2.18. The molecule has 0 saturated heterocycles. The summed E-state index contributed by atoms with van der Waals surface area (Å²) < 4.78 is 5.28. The molecule has 0 saturated carbocycles. The van der Waals surface area contributed by atoms with Gasteiger partial charge in [0, 0.05) is 10.9 Å². The Balaban J connectivity index is 1.85. The van der Waals surface area contributed by atoms with Crippen molar-refractivity contribution in [3.8, 4) is 5.75 Å². The number of nitrogens with one attached hydrogen (secondary N) is 1. The van der Waals surface area contributed by atoms with Crippen molar-refractivity contribution in [3.05, 3.63) is 40.4 Å². The van der Waals surface area contributed by atoms with Gasteiger partial charge in [-0.15, -0.1) is 11.3 Å². The first-order valence-corrected chi connectivity index (χ1v) is 7.56. The lowest BCUT2D eigenvalue weighted by Crippen LogP contribution is -2.13. The maximum absolute atomic E-state index is 5.28. The number of thiazole rings is 1. The first-order chi connectivity index (χ1) is 9.76. The Bertz CT molecular complexity index is 648. The molecule has 0 bridgehead atoms. The van der Waals surface area contributed by atoms with Crippen LogP contribution in [0.15, 0.2) is 28.7 Å². The molecule has 5 heteroatoms. The molecule has 0 unspecified atom stereocenters. The minimum atomic E-state index is 0.843. The van der Waals surface area contributed by atoms with Crippen LogP contribution in [-0.2, 0) is 6.42 Å². The Morgan fingerprint density at radius 1 is 1.35 bits per heavy atom. The minimum Gasteiger partial charge on any atom is -0.497 e. The van der Waals surface area contributed by atoms with Crippen molar-refractivity contribution in [2.24, 2.45) is 5.10 Å². The summed E-state index contributed by atoms with van der Waals surface area (Å²) in [4.78, 5) is 4.36. The van der Waals surface area contributed by atoms with E-state index >= 15 is 0 Å². The fourth-order valence-electron chi connectivity index (χ4n) is 2.40. The molecule has 0 atom stereocenters. The summed E-state index contributed by atoms with van der Waals surface area (Å²) in [7, 11) is 1.70. The Morgan fingerprint density at radius 2 is 2.25 bits per heavy atom. The molecule has 1 aliphatic carbocycles. The maximum atomic E-state index is 5.28. The number of ether oxygens (including phenoxy) is 1. The van der Waals surface area contributed by atoms with E-state index < -0.39 is 0 Å². The second kappa shape index (κ2) is 5.63. The predicted molar refractivity (Wildman–Crippen MR) is 82.9 cm³/mol. The van der Waals surface area contributed by atoms with Gasteiger partial charge in [0.05, 0.1) is 18.5 Å². The summed E-state index contributed by atoms with van der Waals surface area (Å²) in [5.41, 5.74) is 7.72. The number of hydrogen-bond acceptors (Lipinski definition) is 5. The number of anilines is 1. The molecule has 1 aliphatic rings. The van der Waals surface area contributed by atoms with Crippen molar-refractivity contribution in [1.29, 1.82) is 0 Å². The summed E-state index contributed by atoms with van der Waals surface area (Å²) in [5.74, 6) is 0.911. The highest BCUT2D eigenvalue weighted by atomic mass is 32.1. The lowest BCUT2D eigenvalue weighted by atomic mass is 9.90. The van der Waals surface area contributed by atoms with Crippen molar-refractivity contribution < 1.29 is 4.74 Å². The molecule has 0 fully saturated rings. The number of fused-ring (bicyclic) bond motifs is 1. The van der Waals surface area contributed by atoms with E-state index in [1.165, 1.54) is 11.1 Å². The van der Waals surface area contributed by atoms with Crippen LogP contribution in [-0.4, -0.2) is 17.8 Å². The van der Waals surface area contributed by atoms with Gasteiger partial charge in [0.25, 0.3) is 0 Å². The second-order valence-corrected chi connectivity index (χ2v) is 5.70. The van der Waals surface area contributed by atoms with Crippen LogP contribution >= 0.6 is 11.3 Å². The van der Waals surface area contributed by atoms with Crippen LogP contribution in [0, 0.1) is 6.92 Å². The normalized spacial score (nSPS) is 16.0. The van der Waals surface area contributed by atoms with Crippen LogP contribution in [0.4, 0.5) is 5.13 Å². The quantitative estimate of drug-likeness (QED) is 0.877. The van der Waals surface area contributed by atoms with Crippen LogP contribution in [0.2, 0.25) is 0 Å². The van der Waals surface area contributed by atoms with Crippen LogP contribution < -0.4 is 10.2 Å². The number of aryl methyl sites for hydroxylation is 2. The van der Waals surface area contributed by atoms with Gasteiger partial charge in [-0.25, -0.2) is 4.98 Å². The highest BCUT2D eigenvalue weighted by Crippen LogP contribution is 2.26. The third-order valence-electron chi connectivity index (χ3n) is 3.39. The minimum absolute atomic E-state index is 0.843. The van der Waals surface area contributed by atoms with Gasteiger partial charge < -0.3 is 4.74 Å². The first kappa shape index (κ1) is 13.1. The molecule has 4 nitrogen and oxygen atoms in total. The van der Waals surface area contributed by atoms with E-state index in [0.717, 1.165) is 41.5 Å². The average molecular weight is 287 g/mol. The molecule has 0 amide bonds. The van der Waals surface area contributed by atoms with Gasteiger partial charge in [0.1, 0.15) is 5.75 Å². The standard InChI is InChI=1S/C15H17N3OS/c1-10-9-20-15(16-10)18-17-14-5-3-4-11-8-12(19-2)6-7-13(11)14/h6-9H,3-5H2,1-2H3,(H,16,18)/b17-14-. The number of nitrogens with zero attached hydrogens (tertiary/aromatic N) is 2. The highest BCUT2D eigenvalue weighted by molar-refractivity contribution is 7.13. The zero-order chi connectivity index (χ0) is 13.9. The zero-order valence-electron chi connectivity index (χ0n) is 11.6. The van der Waals surface area contributed by atoms with Gasteiger partial charge in [-0.2, -0.15) is 5.10 Å². The molecule has 1 N–H and O–H groups in total. The predicted octanol–water partition coefficient (Wildman–Crippen LogP) is 3.61. The van der Waals surface area contributed by atoms with Gasteiger partial charge in [0.2, 0.25) is 5.13 Å². The third kappa shape index (κ3) is 2.67. The van der Waals surface area contributed by atoms with Gasteiger partial charge in [-0.05, 0) is 49.9 Å². The van der Waals surface area contributed by atoms with Crippen molar-refractivity contribution in [2.75, 3.05) is 12.5 Å². The van der Waals surface area contributed by atoms with E-state index in [2.05, 4.69) is 27.6 Å². The largest absolute Gasteiger partial charge is 0.497 e. The van der Waals surface area contributed by atoms with Crippen LogP contribution in [0.25, 0.3) is 0 Å². The van der Waals surface area contributed by atoms with E-state index in [0.29, 0.717) is 0 Å². The van der Waals surface area contributed by atoms with Gasteiger partial charge in [0.15, 0.2) is 0 Å². The summed E-state index contributed by atoms with van der Waals surface area (Å²) in [6.45, 7) is 1.98. The highest BCUT2D eigenvalue weighted by Gasteiger charge is 2.16. The fourth-order valence-corrected chi connectivity index (χ4v) is 3.03. The summed E-state index contributed by atoms with van der Waals surface area (Å²) in [6, 6.07) is 6.20. The van der Waals surface area contributed by atoms with E-state index in [-0.39, 0.29) is 0 Å². The van der Waals surface area contributed by atoms with Gasteiger partial charge in [-0.3, -0.25) is 5.43 Å². The molecule has 2 aromatic rings. The third-order valence-corrected chi connectivity index (χ3v) is 4.25. The number of rotatable bonds is 3. The SMILES string of the molecule is COc1ccc2c(c1)CCC/C2=N/Nc1nc(C)cs1. The van der Waals surface area contributed by atoms with Crippen LogP contribution in [0.5, 0.6) is 5.75 Å². The molecule has 0 aliphatic heterocycles. The monoisotopic (exact) mass is 287 g/mol.